The Bertz CT molecular complexity index is 821. The molecule has 3 N–H and O–H groups in total. The van der Waals surface area contributed by atoms with Crippen molar-refractivity contribution < 1.29 is 14.1 Å². The highest BCUT2D eigenvalue weighted by molar-refractivity contribution is 5.98. The Hall–Kier alpha value is -3.42. The quantitative estimate of drug-likeness (QED) is 0.634. The number of nitrogens with one attached hydrogen (secondary N) is 3. The molecule has 0 radical (unpaired) electrons. The van der Waals surface area contributed by atoms with Gasteiger partial charge in [-0.25, -0.2) is 0 Å². The van der Waals surface area contributed by atoms with Gasteiger partial charge >= 0.3 is 0 Å². The Morgan fingerprint density at radius 1 is 1.09 bits per heavy atom. The molecule has 8 nitrogen and oxygen atoms in total. The van der Waals surface area contributed by atoms with Crippen LogP contribution in [0.15, 0.2) is 47.1 Å². The second kappa shape index (κ2) is 6.14. The lowest BCUT2D eigenvalue weighted by Gasteiger charge is -2.06. The minimum absolute atomic E-state index is 0.354. The number of hydrogen-bond acceptors (Lipinski definition) is 5. The second-order valence-corrected chi connectivity index (χ2v) is 4.72. The summed E-state index contributed by atoms with van der Waals surface area (Å²) >= 11 is 0. The first-order valence-corrected chi connectivity index (χ1v) is 6.78. The van der Waals surface area contributed by atoms with E-state index in [2.05, 4.69) is 26.0 Å². The van der Waals surface area contributed by atoms with Gasteiger partial charge in [-0.05, 0) is 43.3 Å². The predicted molar refractivity (Wildman–Crippen MR) is 80.2 cm³/mol. The zero-order valence-electron chi connectivity index (χ0n) is 12.2. The fourth-order valence-electron chi connectivity index (χ4n) is 1.90. The lowest BCUT2D eigenvalue weighted by Crippen LogP contribution is -2.41. The number of amides is 2. The van der Waals surface area contributed by atoms with Crippen LogP contribution in [0.4, 0.5) is 0 Å². The smallest absolute Gasteiger partial charge is 0.286 e. The van der Waals surface area contributed by atoms with Gasteiger partial charge in [0.05, 0.1) is 0 Å². The molecule has 0 aliphatic heterocycles. The summed E-state index contributed by atoms with van der Waals surface area (Å²) in [5.41, 5.74) is 6.11. The Balaban J connectivity index is 1.62. The van der Waals surface area contributed by atoms with Crippen LogP contribution in [0.2, 0.25) is 0 Å². The van der Waals surface area contributed by atoms with Crippen LogP contribution in [0, 0.1) is 6.92 Å². The lowest BCUT2D eigenvalue weighted by molar-refractivity contribution is 0.0844. The van der Waals surface area contributed by atoms with Gasteiger partial charge in [0, 0.05) is 17.3 Å². The number of benzene rings is 1. The normalized spacial score (nSPS) is 10.3. The molecule has 0 unspecified atom stereocenters. The Morgan fingerprint density at radius 3 is 2.43 bits per heavy atom. The van der Waals surface area contributed by atoms with Crippen molar-refractivity contribution in [2.45, 2.75) is 6.92 Å². The highest BCUT2D eigenvalue weighted by Crippen LogP contribution is 2.17. The number of hydrazine groups is 1. The van der Waals surface area contributed by atoms with Crippen molar-refractivity contribution in [2.24, 2.45) is 0 Å². The minimum atomic E-state index is -0.432. The first-order valence-electron chi connectivity index (χ1n) is 6.78. The summed E-state index contributed by atoms with van der Waals surface area (Å²) in [7, 11) is 0. The molecule has 8 heteroatoms. The average Bonchev–Trinajstić information content (AvgIpc) is 3.24. The summed E-state index contributed by atoms with van der Waals surface area (Å²) < 4.78 is 5.05. The molecule has 3 aromatic rings. The summed E-state index contributed by atoms with van der Waals surface area (Å²) in [5.74, 6) is 0.0582. The Labute approximate surface area is 130 Å². The first kappa shape index (κ1) is 14.5. The van der Waals surface area contributed by atoms with Gasteiger partial charge < -0.3 is 9.51 Å². The van der Waals surface area contributed by atoms with Crippen molar-refractivity contribution >= 4 is 11.8 Å². The highest BCUT2D eigenvalue weighted by atomic mass is 16.5. The summed E-state index contributed by atoms with van der Waals surface area (Å²) in [6.07, 6.45) is 1.62. The van der Waals surface area contributed by atoms with Crippen molar-refractivity contribution in [1.82, 2.24) is 26.0 Å². The van der Waals surface area contributed by atoms with E-state index in [-0.39, 0.29) is 0 Å². The van der Waals surface area contributed by atoms with Crippen LogP contribution in [-0.4, -0.2) is 26.9 Å². The molecule has 116 valence electrons. The van der Waals surface area contributed by atoms with Gasteiger partial charge in [0.15, 0.2) is 5.82 Å². The first-order chi connectivity index (χ1) is 11.1. The molecule has 2 amide bonds. The number of carbonyl (C=O) groups excluding carboxylic acids is 2. The van der Waals surface area contributed by atoms with Crippen LogP contribution in [0.25, 0.3) is 11.5 Å². The maximum absolute atomic E-state index is 12.0. The average molecular weight is 311 g/mol. The number of rotatable bonds is 3. The molecule has 0 bridgehead atoms. The van der Waals surface area contributed by atoms with Crippen LogP contribution in [-0.2, 0) is 0 Å². The van der Waals surface area contributed by atoms with Crippen LogP contribution in [0.5, 0.6) is 0 Å². The van der Waals surface area contributed by atoms with E-state index in [1.807, 2.05) is 0 Å². The molecule has 1 aromatic carbocycles. The van der Waals surface area contributed by atoms with E-state index in [1.165, 1.54) is 0 Å². The molecule has 0 saturated carbocycles. The van der Waals surface area contributed by atoms with Crippen LogP contribution in [0.3, 0.4) is 0 Å². The molecule has 23 heavy (non-hydrogen) atoms. The number of H-pyrrole nitrogens is 1. The van der Waals surface area contributed by atoms with Crippen molar-refractivity contribution in [3.63, 3.8) is 0 Å². The maximum atomic E-state index is 12.0. The maximum Gasteiger partial charge on any atom is 0.286 e. The summed E-state index contributed by atoms with van der Waals surface area (Å²) in [6.45, 7) is 1.72. The molecule has 2 aromatic heterocycles. The minimum Gasteiger partial charge on any atom is -0.357 e. The van der Waals surface area contributed by atoms with Crippen molar-refractivity contribution in [3.05, 3.63) is 59.7 Å². The summed E-state index contributed by atoms with van der Waals surface area (Å²) in [5, 5.41) is 3.71. The van der Waals surface area contributed by atoms with Gasteiger partial charge in [-0.15, -0.1) is 0 Å². The SMILES string of the molecule is Cc1noc(-c2ccc(C(=O)NNC(=O)c3ccc[nH]3)cc2)n1. The third-order valence-corrected chi connectivity index (χ3v) is 3.05. The van der Waals surface area contributed by atoms with Gasteiger partial charge in [-0.3, -0.25) is 20.4 Å². The number of aryl methyl sites for hydroxylation is 1. The monoisotopic (exact) mass is 311 g/mol. The van der Waals surface area contributed by atoms with E-state index >= 15 is 0 Å². The Morgan fingerprint density at radius 2 is 1.83 bits per heavy atom. The number of aromatic nitrogens is 3. The van der Waals surface area contributed by atoms with Gasteiger partial charge in [0.2, 0.25) is 0 Å². The lowest BCUT2D eigenvalue weighted by atomic mass is 10.1. The van der Waals surface area contributed by atoms with E-state index in [4.69, 9.17) is 4.52 Å². The topological polar surface area (TPSA) is 113 Å². The standard InChI is InChI=1S/C15H13N5O3/c1-9-17-15(23-20-9)11-6-4-10(5-7-11)13(21)18-19-14(22)12-3-2-8-16-12/h2-8,16H,1H3,(H,18,21)(H,19,22). The van der Waals surface area contributed by atoms with E-state index in [0.29, 0.717) is 28.5 Å². The fourth-order valence-corrected chi connectivity index (χ4v) is 1.90. The van der Waals surface area contributed by atoms with E-state index < -0.39 is 11.8 Å². The molecule has 3 rings (SSSR count). The van der Waals surface area contributed by atoms with Gasteiger partial charge in [-0.1, -0.05) is 5.16 Å². The second-order valence-electron chi connectivity index (χ2n) is 4.72. The zero-order chi connectivity index (χ0) is 16.2. The van der Waals surface area contributed by atoms with Gasteiger partial charge in [-0.2, -0.15) is 4.98 Å². The molecule has 0 saturated heterocycles. The Kier molecular flexibility index (Phi) is 3.88. The number of aromatic amines is 1. The fraction of sp³-hybridized carbons (Fsp3) is 0.0667. The number of nitrogens with zero attached hydrogens (tertiary/aromatic N) is 2. The molecule has 0 aliphatic carbocycles. The third-order valence-electron chi connectivity index (χ3n) is 3.05. The molecule has 0 spiro atoms. The molecule has 0 fully saturated rings. The molecule has 2 heterocycles. The van der Waals surface area contributed by atoms with E-state index in [1.54, 1.807) is 49.5 Å². The van der Waals surface area contributed by atoms with Gasteiger partial charge in [0.1, 0.15) is 5.69 Å². The predicted octanol–water partition coefficient (Wildman–Crippen LogP) is 1.45. The van der Waals surface area contributed by atoms with Crippen LogP contribution < -0.4 is 10.9 Å². The molecular weight excluding hydrogens is 298 g/mol. The van der Waals surface area contributed by atoms with Crippen LogP contribution >= 0.6 is 0 Å². The molecule has 0 atom stereocenters. The highest BCUT2D eigenvalue weighted by Gasteiger charge is 2.11. The zero-order valence-corrected chi connectivity index (χ0v) is 12.2. The van der Waals surface area contributed by atoms with Gasteiger partial charge in [0.25, 0.3) is 17.7 Å². The van der Waals surface area contributed by atoms with E-state index in [0.717, 1.165) is 0 Å². The number of carbonyl (C=O) groups is 2. The van der Waals surface area contributed by atoms with Crippen molar-refractivity contribution in [3.8, 4) is 11.5 Å². The summed E-state index contributed by atoms with van der Waals surface area (Å²) in [4.78, 5) is 30.5. The van der Waals surface area contributed by atoms with Crippen molar-refractivity contribution in [2.75, 3.05) is 0 Å². The molecular formula is C15H13N5O3. The third kappa shape index (κ3) is 3.26. The van der Waals surface area contributed by atoms with Crippen molar-refractivity contribution in [1.29, 1.82) is 0 Å². The molecule has 0 aliphatic rings. The largest absolute Gasteiger partial charge is 0.357 e. The number of hydrogen-bond donors (Lipinski definition) is 3. The summed E-state index contributed by atoms with van der Waals surface area (Å²) in [6, 6.07) is 9.87. The van der Waals surface area contributed by atoms with Crippen LogP contribution in [0.1, 0.15) is 26.7 Å². The van der Waals surface area contributed by atoms with E-state index in [9.17, 15) is 9.59 Å².